The van der Waals surface area contributed by atoms with Crippen LogP contribution in [0.1, 0.15) is 40.5 Å². The first-order valence-corrected chi connectivity index (χ1v) is 5.47. The molecule has 2 unspecified atom stereocenters. The Bertz CT molecular complexity index is 195. The van der Waals surface area contributed by atoms with Crippen molar-refractivity contribution in [1.82, 2.24) is 5.32 Å². The summed E-state index contributed by atoms with van der Waals surface area (Å²) < 4.78 is 0. The zero-order valence-electron chi connectivity index (χ0n) is 10.2. The van der Waals surface area contributed by atoms with E-state index < -0.39 is 0 Å². The highest BCUT2D eigenvalue weighted by Gasteiger charge is 2.23. The van der Waals surface area contributed by atoms with Crippen molar-refractivity contribution in [2.45, 2.75) is 52.6 Å². The van der Waals surface area contributed by atoms with Crippen LogP contribution in [-0.4, -0.2) is 29.7 Å². The van der Waals surface area contributed by atoms with E-state index in [0.29, 0.717) is 6.42 Å². The van der Waals surface area contributed by atoms with Crippen LogP contribution in [0.5, 0.6) is 0 Å². The highest BCUT2D eigenvalue weighted by molar-refractivity contribution is 5.77. The Kier molecular flexibility index (Phi) is 5.83. The predicted molar refractivity (Wildman–Crippen MR) is 61.4 cm³/mol. The molecule has 4 nitrogen and oxygen atoms in total. The molecule has 0 aromatic heterocycles. The molecule has 90 valence electrons. The SMILES string of the molecule is CCC(CO)NC(=O)CC(N)C(C)(C)C. The average molecular weight is 216 g/mol. The summed E-state index contributed by atoms with van der Waals surface area (Å²) in [5.74, 6) is -0.0849. The number of hydrogen-bond acceptors (Lipinski definition) is 3. The Hall–Kier alpha value is -0.610. The molecular formula is C11H24N2O2. The van der Waals surface area contributed by atoms with Gasteiger partial charge in [0.2, 0.25) is 5.91 Å². The maximum Gasteiger partial charge on any atom is 0.221 e. The van der Waals surface area contributed by atoms with Crippen LogP contribution in [0, 0.1) is 5.41 Å². The minimum absolute atomic E-state index is 0.0208. The smallest absolute Gasteiger partial charge is 0.221 e. The Labute approximate surface area is 92.2 Å². The van der Waals surface area contributed by atoms with Crippen molar-refractivity contribution in [3.63, 3.8) is 0 Å². The standard InChI is InChI=1S/C11H24N2O2/c1-5-8(7-14)13-10(15)6-9(12)11(2,3)4/h8-9,14H,5-7,12H2,1-4H3,(H,13,15). The predicted octanol–water partition coefficient (Wildman–Crippen LogP) is 0.637. The number of amides is 1. The highest BCUT2D eigenvalue weighted by Crippen LogP contribution is 2.19. The average Bonchev–Trinajstić information content (AvgIpc) is 2.12. The molecule has 0 saturated heterocycles. The van der Waals surface area contributed by atoms with Crippen molar-refractivity contribution in [2.75, 3.05) is 6.61 Å². The zero-order chi connectivity index (χ0) is 12.1. The number of hydrogen-bond donors (Lipinski definition) is 3. The Balaban J connectivity index is 4.04. The first-order valence-electron chi connectivity index (χ1n) is 5.47. The number of carbonyl (C=O) groups is 1. The molecule has 0 aromatic carbocycles. The van der Waals surface area contributed by atoms with Gasteiger partial charge in [0.25, 0.3) is 0 Å². The topological polar surface area (TPSA) is 75.3 Å². The lowest BCUT2D eigenvalue weighted by Crippen LogP contribution is -2.43. The third kappa shape index (κ3) is 5.74. The van der Waals surface area contributed by atoms with E-state index >= 15 is 0 Å². The van der Waals surface area contributed by atoms with Crippen LogP contribution < -0.4 is 11.1 Å². The van der Waals surface area contributed by atoms with E-state index in [1.807, 2.05) is 27.7 Å². The van der Waals surface area contributed by atoms with Crippen LogP contribution in [0.3, 0.4) is 0 Å². The summed E-state index contributed by atoms with van der Waals surface area (Å²) >= 11 is 0. The lowest BCUT2D eigenvalue weighted by Gasteiger charge is -2.27. The molecule has 0 aliphatic heterocycles. The van der Waals surface area contributed by atoms with Crippen molar-refractivity contribution in [3.05, 3.63) is 0 Å². The van der Waals surface area contributed by atoms with Crippen molar-refractivity contribution in [3.8, 4) is 0 Å². The molecule has 0 fully saturated rings. The second kappa shape index (κ2) is 6.08. The van der Waals surface area contributed by atoms with Gasteiger partial charge in [0.1, 0.15) is 0 Å². The van der Waals surface area contributed by atoms with Gasteiger partial charge in [0.05, 0.1) is 12.6 Å². The summed E-state index contributed by atoms with van der Waals surface area (Å²) in [4.78, 5) is 11.5. The van der Waals surface area contributed by atoms with Crippen LogP contribution in [0.25, 0.3) is 0 Å². The van der Waals surface area contributed by atoms with Crippen LogP contribution in [0.15, 0.2) is 0 Å². The number of aliphatic hydroxyl groups excluding tert-OH is 1. The number of nitrogens with two attached hydrogens (primary N) is 1. The lowest BCUT2D eigenvalue weighted by molar-refractivity contribution is -0.123. The van der Waals surface area contributed by atoms with Crippen molar-refractivity contribution in [1.29, 1.82) is 0 Å². The maximum atomic E-state index is 11.5. The van der Waals surface area contributed by atoms with E-state index in [-0.39, 0.29) is 30.0 Å². The molecule has 0 spiro atoms. The fourth-order valence-corrected chi connectivity index (χ4v) is 1.07. The summed E-state index contributed by atoms with van der Waals surface area (Å²) in [5, 5.41) is 11.7. The maximum absolute atomic E-state index is 11.5. The Morgan fingerprint density at radius 2 is 2.00 bits per heavy atom. The second-order valence-corrected chi connectivity index (χ2v) is 5.03. The van der Waals surface area contributed by atoms with E-state index in [4.69, 9.17) is 10.8 Å². The largest absolute Gasteiger partial charge is 0.394 e. The van der Waals surface area contributed by atoms with Gasteiger partial charge in [-0.2, -0.15) is 0 Å². The summed E-state index contributed by atoms with van der Waals surface area (Å²) in [5.41, 5.74) is 5.82. The summed E-state index contributed by atoms with van der Waals surface area (Å²) in [7, 11) is 0. The van der Waals surface area contributed by atoms with Gasteiger partial charge in [-0.05, 0) is 11.8 Å². The van der Waals surface area contributed by atoms with Crippen molar-refractivity contribution >= 4 is 5.91 Å². The van der Waals surface area contributed by atoms with Crippen LogP contribution >= 0.6 is 0 Å². The molecule has 0 bridgehead atoms. The Morgan fingerprint density at radius 3 is 2.33 bits per heavy atom. The molecule has 4 N–H and O–H groups in total. The molecule has 0 heterocycles. The normalized spacial score (nSPS) is 15.9. The van der Waals surface area contributed by atoms with Crippen molar-refractivity contribution < 1.29 is 9.90 Å². The molecule has 2 atom stereocenters. The van der Waals surface area contributed by atoms with Crippen LogP contribution in [-0.2, 0) is 4.79 Å². The monoisotopic (exact) mass is 216 g/mol. The first kappa shape index (κ1) is 14.4. The van der Waals surface area contributed by atoms with Gasteiger partial charge in [0, 0.05) is 12.5 Å². The molecule has 0 saturated carbocycles. The first-order chi connectivity index (χ1) is 6.81. The molecule has 0 aliphatic rings. The van der Waals surface area contributed by atoms with Gasteiger partial charge in [-0.15, -0.1) is 0 Å². The fraction of sp³-hybridized carbons (Fsp3) is 0.909. The molecule has 0 rings (SSSR count). The van der Waals surface area contributed by atoms with Crippen molar-refractivity contribution in [2.24, 2.45) is 11.1 Å². The van der Waals surface area contributed by atoms with E-state index in [0.717, 1.165) is 6.42 Å². The lowest BCUT2D eigenvalue weighted by atomic mass is 9.85. The van der Waals surface area contributed by atoms with Crippen LogP contribution in [0.4, 0.5) is 0 Å². The van der Waals surface area contributed by atoms with Gasteiger partial charge in [0.15, 0.2) is 0 Å². The molecule has 4 heteroatoms. The van der Waals surface area contributed by atoms with E-state index in [2.05, 4.69) is 5.32 Å². The highest BCUT2D eigenvalue weighted by atomic mass is 16.3. The third-order valence-corrected chi connectivity index (χ3v) is 2.60. The zero-order valence-corrected chi connectivity index (χ0v) is 10.2. The van der Waals surface area contributed by atoms with Gasteiger partial charge >= 0.3 is 0 Å². The second-order valence-electron chi connectivity index (χ2n) is 5.03. The number of aliphatic hydroxyl groups is 1. The van der Waals surface area contributed by atoms with Gasteiger partial charge < -0.3 is 16.2 Å². The molecular weight excluding hydrogens is 192 g/mol. The van der Waals surface area contributed by atoms with E-state index in [1.54, 1.807) is 0 Å². The summed E-state index contributed by atoms with van der Waals surface area (Å²) in [6.07, 6.45) is 1.03. The van der Waals surface area contributed by atoms with E-state index in [9.17, 15) is 4.79 Å². The van der Waals surface area contributed by atoms with Crippen LogP contribution in [0.2, 0.25) is 0 Å². The number of rotatable bonds is 5. The minimum atomic E-state index is -0.159. The molecule has 1 amide bonds. The van der Waals surface area contributed by atoms with Gasteiger partial charge in [-0.25, -0.2) is 0 Å². The molecule has 0 aliphatic carbocycles. The fourth-order valence-electron chi connectivity index (χ4n) is 1.07. The number of nitrogens with one attached hydrogen (secondary N) is 1. The third-order valence-electron chi connectivity index (χ3n) is 2.60. The summed E-state index contributed by atoms with van der Waals surface area (Å²) in [6.45, 7) is 7.93. The van der Waals surface area contributed by atoms with Gasteiger partial charge in [-0.3, -0.25) is 4.79 Å². The minimum Gasteiger partial charge on any atom is -0.394 e. The molecule has 0 aromatic rings. The number of carbonyl (C=O) groups excluding carboxylic acids is 1. The van der Waals surface area contributed by atoms with E-state index in [1.165, 1.54) is 0 Å². The molecule has 0 radical (unpaired) electrons. The molecule has 15 heavy (non-hydrogen) atoms. The quantitative estimate of drug-likeness (QED) is 0.631. The Morgan fingerprint density at radius 1 is 1.47 bits per heavy atom. The van der Waals surface area contributed by atoms with Gasteiger partial charge in [-0.1, -0.05) is 27.7 Å². The summed E-state index contributed by atoms with van der Waals surface area (Å²) in [6, 6.07) is -0.307.